The van der Waals surface area contributed by atoms with E-state index in [1.165, 1.54) is 0 Å². The second-order valence-corrected chi connectivity index (χ2v) is 6.33. The van der Waals surface area contributed by atoms with Crippen LogP contribution in [0.25, 0.3) is 11.4 Å². The van der Waals surface area contributed by atoms with Crippen molar-refractivity contribution >= 4 is 17.4 Å². The van der Waals surface area contributed by atoms with Gasteiger partial charge in [-0.15, -0.1) is 0 Å². The molecule has 2 heterocycles. The maximum absolute atomic E-state index is 6.13. The Bertz CT molecular complexity index is 651. The first-order valence-corrected chi connectivity index (χ1v) is 8.73. The van der Waals surface area contributed by atoms with Crippen molar-refractivity contribution in [2.75, 3.05) is 31.1 Å². The number of halogens is 1. The normalized spacial score (nSPS) is 15.5. The number of aryl methyl sites for hydroxylation is 1. The van der Waals surface area contributed by atoms with Crippen LogP contribution in [0, 0.1) is 0 Å². The van der Waals surface area contributed by atoms with Gasteiger partial charge in [-0.3, -0.25) is 0 Å². The van der Waals surface area contributed by atoms with E-state index in [2.05, 4.69) is 23.2 Å². The van der Waals surface area contributed by atoms with E-state index in [0.29, 0.717) is 5.02 Å². The first kappa shape index (κ1) is 16.2. The minimum absolute atomic E-state index is 0.715. The highest BCUT2D eigenvalue weighted by Gasteiger charge is 2.14. The summed E-state index contributed by atoms with van der Waals surface area (Å²) in [5.41, 5.74) is 2.08. The largest absolute Gasteiger partial charge is 0.355 e. The van der Waals surface area contributed by atoms with Crippen molar-refractivity contribution < 1.29 is 0 Å². The molecule has 3 rings (SSSR count). The molecule has 0 unspecified atom stereocenters. The van der Waals surface area contributed by atoms with Gasteiger partial charge in [0.2, 0.25) is 0 Å². The summed E-state index contributed by atoms with van der Waals surface area (Å²) in [4.78, 5) is 11.9. The average Bonchev–Trinajstić information content (AvgIpc) is 2.84. The van der Waals surface area contributed by atoms with Gasteiger partial charge in [-0.1, -0.05) is 37.1 Å². The van der Waals surface area contributed by atoms with Gasteiger partial charge in [0, 0.05) is 42.0 Å². The summed E-state index contributed by atoms with van der Waals surface area (Å²) in [5, 5.41) is 4.15. The number of aromatic nitrogens is 2. The predicted molar refractivity (Wildman–Crippen MR) is 96.2 cm³/mol. The van der Waals surface area contributed by atoms with E-state index in [4.69, 9.17) is 21.6 Å². The number of hydrogen-bond acceptors (Lipinski definition) is 4. The van der Waals surface area contributed by atoms with E-state index < -0.39 is 0 Å². The van der Waals surface area contributed by atoms with Crippen molar-refractivity contribution in [3.63, 3.8) is 0 Å². The van der Waals surface area contributed by atoms with Crippen LogP contribution in [0.2, 0.25) is 5.02 Å². The number of nitrogens with one attached hydrogen (secondary N) is 1. The summed E-state index contributed by atoms with van der Waals surface area (Å²) in [6.45, 7) is 6.27. The van der Waals surface area contributed by atoms with Crippen molar-refractivity contribution in [3.8, 4) is 11.4 Å². The molecule has 0 amide bonds. The van der Waals surface area contributed by atoms with Gasteiger partial charge in [0.1, 0.15) is 5.82 Å². The summed E-state index contributed by atoms with van der Waals surface area (Å²) >= 11 is 6.13. The Morgan fingerprint density at radius 2 is 2.09 bits per heavy atom. The highest BCUT2D eigenvalue weighted by molar-refractivity contribution is 6.30. The van der Waals surface area contributed by atoms with Crippen LogP contribution in [0.4, 0.5) is 5.82 Å². The van der Waals surface area contributed by atoms with E-state index >= 15 is 0 Å². The summed E-state index contributed by atoms with van der Waals surface area (Å²) in [7, 11) is 0. The third-order valence-electron chi connectivity index (χ3n) is 4.02. The SMILES string of the molecule is CCCc1cc(N2CCCNCC2)nc(-c2cccc(Cl)c2)n1. The summed E-state index contributed by atoms with van der Waals surface area (Å²) in [6.07, 6.45) is 3.18. The molecule has 5 heteroatoms. The van der Waals surface area contributed by atoms with Crippen LogP contribution in [-0.2, 0) is 6.42 Å². The topological polar surface area (TPSA) is 41.0 Å². The fourth-order valence-corrected chi connectivity index (χ4v) is 3.05. The first-order valence-electron chi connectivity index (χ1n) is 8.36. The molecule has 1 aliphatic heterocycles. The molecule has 1 aliphatic rings. The predicted octanol–water partition coefficient (Wildman–Crippen LogP) is 3.55. The Hall–Kier alpha value is -1.65. The van der Waals surface area contributed by atoms with Gasteiger partial charge < -0.3 is 10.2 Å². The zero-order chi connectivity index (χ0) is 16.1. The Labute approximate surface area is 142 Å². The molecule has 4 nitrogen and oxygen atoms in total. The van der Waals surface area contributed by atoms with Crippen LogP contribution in [-0.4, -0.2) is 36.1 Å². The van der Waals surface area contributed by atoms with Crippen molar-refractivity contribution in [1.82, 2.24) is 15.3 Å². The lowest BCUT2D eigenvalue weighted by Crippen LogP contribution is -2.29. The second-order valence-electron chi connectivity index (χ2n) is 5.89. The molecule has 0 aliphatic carbocycles. The lowest BCUT2D eigenvalue weighted by Gasteiger charge is -2.22. The molecule has 0 spiro atoms. The second kappa shape index (κ2) is 7.75. The number of anilines is 1. The van der Waals surface area contributed by atoms with Crippen molar-refractivity contribution in [1.29, 1.82) is 0 Å². The molecule has 0 atom stereocenters. The minimum atomic E-state index is 0.715. The molecule has 122 valence electrons. The first-order chi connectivity index (χ1) is 11.3. The summed E-state index contributed by atoms with van der Waals surface area (Å²) < 4.78 is 0. The van der Waals surface area contributed by atoms with Crippen LogP contribution in [0.3, 0.4) is 0 Å². The van der Waals surface area contributed by atoms with E-state index in [0.717, 1.165) is 68.3 Å². The lowest BCUT2D eigenvalue weighted by molar-refractivity contribution is 0.724. The molecule has 1 aromatic heterocycles. The molecule has 1 fully saturated rings. The van der Waals surface area contributed by atoms with E-state index in [1.807, 2.05) is 24.3 Å². The van der Waals surface area contributed by atoms with Crippen molar-refractivity contribution in [3.05, 3.63) is 41.0 Å². The van der Waals surface area contributed by atoms with Gasteiger partial charge in [0.25, 0.3) is 0 Å². The highest BCUT2D eigenvalue weighted by atomic mass is 35.5. The summed E-state index contributed by atoms with van der Waals surface area (Å²) in [5.74, 6) is 1.80. The van der Waals surface area contributed by atoms with Crippen molar-refractivity contribution in [2.45, 2.75) is 26.2 Å². The van der Waals surface area contributed by atoms with E-state index in [9.17, 15) is 0 Å². The molecule has 0 radical (unpaired) electrons. The zero-order valence-electron chi connectivity index (χ0n) is 13.6. The Morgan fingerprint density at radius 1 is 1.17 bits per heavy atom. The maximum Gasteiger partial charge on any atom is 0.161 e. The van der Waals surface area contributed by atoms with Gasteiger partial charge in [-0.05, 0) is 31.5 Å². The van der Waals surface area contributed by atoms with Gasteiger partial charge >= 0.3 is 0 Å². The molecular weight excluding hydrogens is 308 g/mol. The number of benzene rings is 1. The average molecular weight is 331 g/mol. The number of hydrogen-bond donors (Lipinski definition) is 1. The molecule has 1 aromatic carbocycles. The fourth-order valence-electron chi connectivity index (χ4n) is 2.86. The molecule has 2 aromatic rings. The molecule has 0 bridgehead atoms. The fraction of sp³-hybridized carbons (Fsp3) is 0.444. The minimum Gasteiger partial charge on any atom is -0.355 e. The van der Waals surface area contributed by atoms with Crippen LogP contribution in [0.5, 0.6) is 0 Å². The smallest absolute Gasteiger partial charge is 0.161 e. The highest BCUT2D eigenvalue weighted by Crippen LogP contribution is 2.23. The van der Waals surface area contributed by atoms with E-state index in [-0.39, 0.29) is 0 Å². The van der Waals surface area contributed by atoms with E-state index in [1.54, 1.807) is 0 Å². The van der Waals surface area contributed by atoms with Crippen LogP contribution < -0.4 is 10.2 Å². The number of rotatable bonds is 4. The third-order valence-corrected chi connectivity index (χ3v) is 4.25. The van der Waals surface area contributed by atoms with Gasteiger partial charge in [0.15, 0.2) is 5.82 Å². The quantitative estimate of drug-likeness (QED) is 0.930. The summed E-state index contributed by atoms with van der Waals surface area (Å²) in [6, 6.07) is 9.92. The van der Waals surface area contributed by atoms with Gasteiger partial charge in [-0.2, -0.15) is 0 Å². The monoisotopic (exact) mass is 330 g/mol. The van der Waals surface area contributed by atoms with Gasteiger partial charge in [0.05, 0.1) is 0 Å². The van der Waals surface area contributed by atoms with Crippen LogP contribution in [0.1, 0.15) is 25.5 Å². The maximum atomic E-state index is 6.13. The Balaban J connectivity index is 1.98. The Kier molecular flexibility index (Phi) is 5.47. The number of nitrogens with zero attached hydrogens (tertiary/aromatic N) is 3. The molecule has 1 N–H and O–H groups in total. The standard InChI is InChI=1S/C18H23ClN4/c1-2-5-16-13-17(23-10-4-8-20-9-11-23)22-18(21-16)14-6-3-7-15(19)12-14/h3,6-7,12-13,20H,2,4-5,8-11H2,1H3. The van der Waals surface area contributed by atoms with Gasteiger partial charge in [-0.25, -0.2) is 9.97 Å². The third kappa shape index (κ3) is 4.21. The molecular formula is C18H23ClN4. The van der Waals surface area contributed by atoms with Crippen LogP contribution >= 0.6 is 11.6 Å². The van der Waals surface area contributed by atoms with Crippen LogP contribution in [0.15, 0.2) is 30.3 Å². The molecule has 1 saturated heterocycles. The van der Waals surface area contributed by atoms with Crippen molar-refractivity contribution in [2.24, 2.45) is 0 Å². The lowest BCUT2D eigenvalue weighted by atomic mass is 10.2. The molecule has 23 heavy (non-hydrogen) atoms. The Morgan fingerprint density at radius 3 is 2.91 bits per heavy atom. The zero-order valence-corrected chi connectivity index (χ0v) is 14.3. The molecule has 0 saturated carbocycles.